The van der Waals surface area contributed by atoms with Gasteiger partial charge in [-0.3, -0.25) is 0 Å². The summed E-state index contributed by atoms with van der Waals surface area (Å²) in [5, 5.41) is 0. The van der Waals surface area contributed by atoms with Crippen molar-refractivity contribution in [1.82, 2.24) is 5.48 Å². The minimum Gasteiger partial charge on any atom is -0.305 e. The van der Waals surface area contributed by atoms with Crippen LogP contribution in [0.3, 0.4) is 0 Å². The maximum atomic E-state index is 11.3. The number of nitrogens with one attached hydrogen (secondary N) is 1. The summed E-state index contributed by atoms with van der Waals surface area (Å²) in [6.45, 7) is -0.194. The van der Waals surface area contributed by atoms with Crippen LogP contribution in [0.1, 0.15) is 6.42 Å². The first kappa shape index (κ1) is 8.71. The van der Waals surface area contributed by atoms with Crippen LogP contribution < -0.4 is 5.48 Å². The molecule has 0 saturated heterocycles. The molecule has 0 fully saturated rings. The Morgan fingerprint density at radius 2 is 2.00 bits per heavy atom. The van der Waals surface area contributed by atoms with Gasteiger partial charge < -0.3 is 4.84 Å². The molecule has 0 atom stereocenters. The molecule has 2 nitrogen and oxygen atoms in total. The minimum absolute atomic E-state index is 0.194. The molecule has 1 N–H and O–H groups in total. The molecule has 0 bridgehead atoms. The molecule has 0 aromatic rings. The molecular weight excluding hydrogens is 135 g/mol. The quantitative estimate of drug-likeness (QED) is 0.471. The van der Waals surface area contributed by atoms with Gasteiger partial charge in [-0.2, -0.15) is 13.2 Å². The van der Waals surface area contributed by atoms with E-state index in [-0.39, 0.29) is 6.54 Å². The van der Waals surface area contributed by atoms with Gasteiger partial charge in [-0.1, -0.05) is 0 Å². The first-order chi connectivity index (χ1) is 4.06. The largest absolute Gasteiger partial charge is 0.390 e. The van der Waals surface area contributed by atoms with E-state index in [1.807, 2.05) is 0 Å². The molecule has 0 heterocycles. The molecule has 9 heavy (non-hydrogen) atoms. The number of alkyl halides is 3. The third kappa shape index (κ3) is 7.71. The van der Waals surface area contributed by atoms with Crippen LogP contribution in [-0.4, -0.2) is 19.8 Å². The van der Waals surface area contributed by atoms with Crippen molar-refractivity contribution in [3.05, 3.63) is 0 Å². The van der Waals surface area contributed by atoms with Gasteiger partial charge in [0.25, 0.3) is 0 Å². The fraction of sp³-hybridized carbons (Fsp3) is 1.00. The van der Waals surface area contributed by atoms with E-state index in [9.17, 15) is 13.2 Å². The summed E-state index contributed by atoms with van der Waals surface area (Å²) < 4.78 is 33.9. The second-order valence-corrected chi connectivity index (χ2v) is 1.46. The third-order valence-electron chi connectivity index (χ3n) is 0.655. The fourth-order valence-corrected chi connectivity index (χ4v) is 0.295. The molecule has 0 aromatic heterocycles. The summed E-state index contributed by atoms with van der Waals surface area (Å²) >= 11 is 0. The molecule has 0 amide bonds. The van der Waals surface area contributed by atoms with Crippen molar-refractivity contribution in [1.29, 1.82) is 0 Å². The molecule has 0 rings (SSSR count). The van der Waals surface area contributed by atoms with Crippen LogP contribution in [0.4, 0.5) is 13.2 Å². The Bertz CT molecular complexity index is 72.7. The van der Waals surface area contributed by atoms with Crippen molar-refractivity contribution in [2.24, 2.45) is 0 Å². The molecule has 0 radical (unpaired) electrons. The molecule has 0 unspecified atom stereocenters. The summed E-state index contributed by atoms with van der Waals surface area (Å²) in [6, 6.07) is 0. The standard InChI is InChI=1S/C4H8F3NO/c1-9-8-3-2-4(5,6)7/h8H,2-3H2,1H3. The van der Waals surface area contributed by atoms with Gasteiger partial charge in [-0.25, -0.2) is 5.48 Å². The van der Waals surface area contributed by atoms with Crippen LogP contribution in [0.25, 0.3) is 0 Å². The van der Waals surface area contributed by atoms with E-state index in [0.717, 1.165) is 0 Å². The van der Waals surface area contributed by atoms with E-state index in [0.29, 0.717) is 0 Å². The Morgan fingerprint density at radius 1 is 1.44 bits per heavy atom. The van der Waals surface area contributed by atoms with Crippen molar-refractivity contribution < 1.29 is 18.0 Å². The predicted octanol–water partition coefficient (Wildman–Crippen LogP) is 1.09. The Morgan fingerprint density at radius 3 is 2.33 bits per heavy atom. The lowest BCUT2D eigenvalue weighted by molar-refractivity contribution is -0.137. The van der Waals surface area contributed by atoms with Crippen molar-refractivity contribution >= 4 is 0 Å². The van der Waals surface area contributed by atoms with Gasteiger partial charge >= 0.3 is 6.18 Å². The summed E-state index contributed by atoms with van der Waals surface area (Å²) in [4.78, 5) is 4.19. The summed E-state index contributed by atoms with van der Waals surface area (Å²) in [5.74, 6) is 0. The molecule has 5 heteroatoms. The number of hydrogen-bond donors (Lipinski definition) is 1. The van der Waals surface area contributed by atoms with Crippen molar-refractivity contribution in [3.8, 4) is 0 Å². The first-order valence-corrected chi connectivity index (χ1v) is 2.39. The zero-order valence-corrected chi connectivity index (χ0v) is 4.96. The Kier molecular flexibility index (Phi) is 3.56. The van der Waals surface area contributed by atoms with Crippen LogP contribution in [0.15, 0.2) is 0 Å². The summed E-state index contributed by atoms with van der Waals surface area (Å²) in [6.07, 6.45) is -4.95. The topological polar surface area (TPSA) is 21.3 Å². The van der Waals surface area contributed by atoms with Gasteiger partial charge in [0, 0.05) is 6.54 Å². The van der Waals surface area contributed by atoms with Gasteiger partial charge in [0.05, 0.1) is 13.5 Å². The van der Waals surface area contributed by atoms with Crippen molar-refractivity contribution in [2.75, 3.05) is 13.7 Å². The van der Waals surface area contributed by atoms with Gasteiger partial charge in [-0.15, -0.1) is 0 Å². The second-order valence-electron chi connectivity index (χ2n) is 1.46. The highest BCUT2D eigenvalue weighted by Gasteiger charge is 2.25. The van der Waals surface area contributed by atoms with Crippen molar-refractivity contribution in [2.45, 2.75) is 12.6 Å². The number of halogens is 3. The van der Waals surface area contributed by atoms with E-state index < -0.39 is 12.6 Å². The predicted molar refractivity (Wildman–Crippen MR) is 25.7 cm³/mol. The molecule has 0 saturated carbocycles. The number of hydrogen-bond acceptors (Lipinski definition) is 2. The number of hydroxylamine groups is 1. The average molecular weight is 143 g/mol. The lowest BCUT2D eigenvalue weighted by atomic mass is 10.4. The highest BCUT2D eigenvalue weighted by Crippen LogP contribution is 2.17. The van der Waals surface area contributed by atoms with E-state index in [2.05, 4.69) is 10.3 Å². The Labute approximate surface area is 50.9 Å². The van der Waals surface area contributed by atoms with Crippen LogP contribution in [0.2, 0.25) is 0 Å². The van der Waals surface area contributed by atoms with Gasteiger partial charge in [0.2, 0.25) is 0 Å². The molecule has 0 aromatic carbocycles. The van der Waals surface area contributed by atoms with Crippen LogP contribution in [0, 0.1) is 0 Å². The lowest BCUT2D eigenvalue weighted by Gasteiger charge is -2.04. The summed E-state index contributed by atoms with van der Waals surface area (Å²) in [7, 11) is 1.27. The van der Waals surface area contributed by atoms with E-state index in [1.165, 1.54) is 7.11 Å². The van der Waals surface area contributed by atoms with Gasteiger partial charge in [0.15, 0.2) is 0 Å². The fourth-order valence-electron chi connectivity index (χ4n) is 0.295. The smallest absolute Gasteiger partial charge is 0.305 e. The minimum atomic E-state index is -4.09. The Hall–Kier alpha value is -0.290. The van der Waals surface area contributed by atoms with Crippen LogP contribution in [0.5, 0.6) is 0 Å². The van der Waals surface area contributed by atoms with Crippen molar-refractivity contribution in [3.63, 3.8) is 0 Å². The highest BCUT2D eigenvalue weighted by molar-refractivity contribution is 4.49. The summed E-state index contributed by atoms with van der Waals surface area (Å²) in [5.41, 5.74) is 2.08. The van der Waals surface area contributed by atoms with E-state index in [4.69, 9.17) is 0 Å². The van der Waals surface area contributed by atoms with Crippen LogP contribution >= 0.6 is 0 Å². The molecule has 0 aliphatic heterocycles. The second kappa shape index (κ2) is 3.68. The normalized spacial score (nSPS) is 12.0. The molecule has 0 aliphatic rings. The molecule has 0 aliphatic carbocycles. The zero-order chi connectivity index (χ0) is 7.33. The zero-order valence-electron chi connectivity index (χ0n) is 4.96. The lowest BCUT2D eigenvalue weighted by Crippen LogP contribution is -2.20. The average Bonchev–Trinajstić information content (AvgIpc) is 1.63. The number of rotatable bonds is 3. The van der Waals surface area contributed by atoms with Crippen LogP contribution in [-0.2, 0) is 4.84 Å². The van der Waals surface area contributed by atoms with Gasteiger partial charge in [-0.05, 0) is 0 Å². The monoisotopic (exact) mass is 143 g/mol. The van der Waals surface area contributed by atoms with E-state index in [1.54, 1.807) is 0 Å². The maximum Gasteiger partial charge on any atom is 0.390 e. The van der Waals surface area contributed by atoms with Gasteiger partial charge in [0.1, 0.15) is 0 Å². The molecule has 56 valence electrons. The highest BCUT2D eigenvalue weighted by atomic mass is 19.4. The molecule has 0 spiro atoms. The first-order valence-electron chi connectivity index (χ1n) is 2.39. The van der Waals surface area contributed by atoms with E-state index >= 15 is 0 Å². The maximum absolute atomic E-state index is 11.3. The Balaban J connectivity index is 3.07. The SMILES string of the molecule is CONCCC(F)(F)F. The molecular formula is C4H8F3NO. The third-order valence-corrected chi connectivity index (χ3v) is 0.655.